The maximum atomic E-state index is 12.1. The molecule has 264 valence electrons. The van der Waals surface area contributed by atoms with Crippen molar-refractivity contribution >= 4 is 11.9 Å². The number of rotatable bonds is 33. The van der Waals surface area contributed by atoms with Gasteiger partial charge in [0.1, 0.15) is 6.61 Å². The summed E-state index contributed by atoms with van der Waals surface area (Å²) in [5, 5.41) is 9.53. The van der Waals surface area contributed by atoms with Gasteiger partial charge in [0.15, 0.2) is 6.10 Å². The number of carbonyl (C=O) groups excluding carboxylic acids is 2. The maximum Gasteiger partial charge on any atom is 0.306 e. The molecule has 0 aliphatic rings. The Kier molecular flexibility index (Phi) is 35.1. The van der Waals surface area contributed by atoms with Crippen LogP contribution in [0.15, 0.2) is 60.8 Å². The molecule has 46 heavy (non-hydrogen) atoms. The van der Waals surface area contributed by atoms with Gasteiger partial charge in [-0.05, 0) is 83.5 Å². The van der Waals surface area contributed by atoms with Gasteiger partial charge in [-0.3, -0.25) is 9.59 Å². The van der Waals surface area contributed by atoms with E-state index < -0.39 is 6.10 Å². The zero-order chi connectivity index (χ0) is 33.6. The molecule has 0 radical (unpaired) electrons. The standard InChI is InChI=1S/C41H70O5/c1-3-5-7-9-11-13-15-17-18-19-20-21-22-24-26-28-30-32-34-36-41(44)46-39(37-42)38-45-40(43)35-33-31-29-27-25-23-16-14-12-10-8-6-4-2/h11,13-14,16-18,20-21,24,26,39,42H,3-10,12,15,19,22-23,25,27-38H2,1-2H3/b13-11-,16-14-,18-17-,21-20-,26-24-/t39-/m0/s1. The Bertz CT molecular complexity index is 823. The lowest BCUT2D eigenvalue weighted by molar-refractivity contribution is -0.161. The summed E-state index contributed by atoms with van der Waals surface area (Å²) in [5.74, 6) is -0.642. The first kappa shape index (κ1) is 43.6. The number of allylic oxidation sites excluding steroid dienone is 10. The van der Waals surface area contributed by atoms with Crippen LogP contribution in [0.3, 0.4) is 0 Å². The highest BCUT2D eigenvalue weighted by Gasteiger charge is 2.16. The summed E-state index contributed by atoms with van der Waals surface area (Å²) in [4.78, 5) is 24.2. The van der Waals surface area contributed by atoms with Gasteiger partial charge in [0, 0.05) is 12.8 Å². The average Bonchev–Trinajstić information content (AvgIpc) is 3.06. The molecule has 0 aromatic rings. The molecule has 0 aliphatic carbocycles. The van der Waals surface area contributed by atoms with Crippen LogP contribution in [-0.4, -0.2) is 36.4 Å². The number of carbonyl (C=O) groups is 2. The Morgan fingerprint density at radius 1 is 0.500 bits per heavy atom. The van der Waals surface area contributed by atoms with E-state index in [9.17, 15) is 14.7 Å². The minimum absolute atomic E-state index is 0.0854. The Morgan fingerprint density at radius 3 is 1.39 bits per heavy atom. The highest BCUT2D eigenvalue weighted by Crippen LogP contribution is 2.11. The largest absolute Gasteiger partial charge is 0.462 e. The van der Waals surface area contributed by atoms with Gasteiger partial charge in [-0.15, -0.1) is 0 Å². The van der Waals surface area contributed by atoms with Gasteiger partial charge in [0.05, 0.1) is 6.61 Å². The zero-order valence-corrected chi connectivity index (χ0v) is 29.8. The maximum absolute atomic E-state index is 12.1. The molecule has 0 heterocycles. The summed E-state index contributed by atoms with van der Waals surface area (Å²) >= 11 is 0. The molecular weight excluding hydrogens is 572 g/mol. The van der Waals surface area contributed by atoms with E-state index in [0.717, 1.165) is 70.6 Å². The van der Waals surface area contributed by atoms with Crippen LogP contribution < -0.4 is 0 Å². The van der Waals surface area contributed by atoms with Gasteiger partial charge < -0.3 is 14.6 Å². The molecule has 0 amide bonds. The summed E-state index contributed by atoms with van der Waals surface area (Å²) in [6.45, 7) is 4.04. The van der Waals surface area contributed by atoms with Crippen molar-refractivity contribution < 1.29 is 24.2 Å². The van der Waals surface area contributed by atoms with E-state index in [4.69, 9.17) is 9.47 Å². The van der Waals surface area contributed by atoms with Gasteiger partial charge in [-0.1, -0.05) is 132 Å². The molecule has 0 spiro atoms. The van der Waals surface area contributed by atoms with Crippen LogP contribution >= 0.6 is 0 Å². The summed E-state index contributed by atoms with van der Waals surface area (Å²) in [5.41, 5.74) is 0. The lowest BCUT2D eigenvalue weighted by atomic mass is 10.1. The van der Waals surface area contributed by atoms with E-state index in [2.05, 4.69) is 74.6 Å². The number of hydrogen-bond acceptors (Lipinski definition) is 5. The first-order valence-corrected chi connectivity index (χ1v) is 18.8. The first-order valence-electron chi connectivity index (χ1n) is 18.8. The topological polar surface area (TPSA) is 72.8 Å². The molecule has 1 atom stereocenters. The molecular formula is C41H70O5. The van der Waals surface area contributed by atoms with Gasteiger partial charge in [0.25, 0.3) is 0 Å². The minimum atomic E-state index is -0.792. The van der Waals surface area contributed by atoms with Crippen molar-refractivity contribution in [3.05, 3.63) is 60.8 Å². The van der Waals surface area contributed by atoms with E-state index in [1.807, 2.05) is 0 Å². The van der Waals surface area contributed by atoms with Crippen molar-refractivity contribution in [3.63, 3.8) is 0 Å². The molecule has 1 N–H and O–H groups in total. The van der Waals surface area contributed by atoms with Crippen molar-refractivity contribution in [1.29, 1.82) is 0 Å². The second-order valence-corrected chi connectivity index (χ2v) is 12.3. The minimum Gasteiger partial charge on any atom is -0.462 e. The quantitative estimate of drug-likeness (QED) is 0.0438. The second kappa shape index (κ2) is 37.1. The normalized spacial score (nSPS) is 12.8. The third-order valence-corrected chi connectivity index (χ3v) is 7.78. The molecule has 5 nitrogen and oxygen atoms in total. The molecule has 0 aliphatic heterocycles. The van der Waals surface area contributed by atoms with E-state index >= 15 is 0 Å². The summed E-state index contributed by atoms with van der Waals surface area (Å²) in [7, 11) is 0. The third kappa shape index (κ3) is 34.5. The summed E-state index contributed by atoms with van der Waals surface area (Å²) < 4.78 is 10.6. The highest BCUT2D eigenvalue weighted by molar-refractivity contribution is 5.70. The number of aliphatic hydroxyl groups excluding tert-OH is 1. The lowest BCUT2D eigenvalue weighted by Crippen LogP contribution is -2.28. The van der Waals surface area contributed by atoms with E-state index in [0.29, 0.717) is 12.8 Å². The molecule has 0 bridgehead atoms. The third-order valence-electron chi connectivity index (χ3n) is 7.78. The number of aliphatic hydroxyl groups is 1. The van der Waals surface area contributed by atoms with E-state index in [1.165, 1.54) is 70.6 Å². The lowest BCUT2D eigenvalue weighted by Gasteiger charge is -2.15. The van der Waals surface area contributed by atoms with Crippen molar-refractivity contribution in [1.82, 2.24) is 0 Å². The fourth-order valence-corrected chi connectivity index (χ4v) is 4.88. The van der Waals surface area contributed by atoms with Gasteiger partial charge in [-0.25, -0.2) is 0 Å². The molecule has 0 saturated heterocycles. The molecule has 0 aromatic heterocycles. The molecule has 5 heteroatoms. The van der Waals surface area contributed by atoms with Crippen LogP contribution in [0, 0.1) is 0 Å². The Labute approximate surface area is 283 Å². The van der Waals surface area contributed by atoms with Gasteiger partial charge in [-0.2, -0.15) is 0 Å². The number of esters is 2. The monoisotopic (exact) mass is 643 g/mol. The molecule has 0 fully saturated rings. The zero-order valence-electron chi connectivity index (χ0n) is 29.8. The Balaban J connectivity index is 3.68. The summed E-state index contributed by atoms with van der Waals surface area (Å²) in [6, 6.07) is 0. The fraction of sp³-hybridized carbons (Fsp3) is 0.707. The number of unbranched alkanes of at least 4 members (excludes halogenated alkanes) is 15. The first-order chi connectivity index (χ1) is 22.6. The van der Waals surface area contributed by atoms with Gasteiger partial charge >= 0.3 is 11.9 Å². The predicted molar refractivity (Wildman–Crippen MR) is 196 cm³/mol. The fourth-order valence-electron chi connectivity index (χ4n) is 4.88. The van der Waals surface area contributed by atoms with Crippen molar-refractivity contribution in [2.75, 3.05) is 13.2 Å². The van der Waals surface area contributed by atoms with Crippen LogP contribution in [0.25, 0.3) is 0 Å². The Hall–Kier alpha value is -2.40. The smallest absolute Gasteiger partial charge is 0.306 e. The van der Waals surface area contributed by atoms with Crippen molar-refractivity contribution in [2.24, 2.45) is 0 Å². The highest BCUT2D eigenvalue weighted by atomic mass is 16.6. The number of ether oxygens (including phenoxy) is 2. The second-order valence-electron chi connectivity index (χ2n) is 12.3. The van der Waals surface area contributed by atoms with Crippen molar-refractivity contribution in [2.45, 2.75) is 174 Å². The SMILES string of the molecule is CCCCC/C=C\C/C=C\C/C=C\C/C=C\CCCCCC(=O)O[C@@H](CO)COC(=O)CCCCCCC/C=C\CCCCCC. The average molecular weight is 643 g/mol. The van der Waals surface area contributed by atoms with Crippen LogP contribution in [0.5, 0.6) is 0 Å². The predicted octanol–water partition coefficient (Wildman–Crippen LogP) is 11.6. The molecule has 0 rings (SSSR count). The molecule has 0 aromatic carbocycles. The van der Waals surface area contributed by atoms with Crippen LogP contribution in [0.1, 0.15) is 168 Å². The summed E-state index contributed by atoms with van der Waals surface area (Å²) in [6.07, 6.45) is 47.0. The molecule has 0 unspecified atom stereocenters. The van der Waals surface area contributed by atoms with Crippen LogP contribution in [0.4, 0.5) is 0 Å². The van der Waals surface area contributed by atoms with Crippen LogP contribution in [0.2, 0.25) is 0 Å². The van der Waals surface area contributed by atoms with Crippen molar-refractivity contribution in [3.8, 4) is 0 Å². The number of hydrogen-bond donors (Lipinski definition) is 1. The van der Waals surface area contributed by atoms with Gasteiger partial charge in [0.2, 0.25) is 0 Å². The molecule has 0 saturated carbocycles. The van der Waals surface area contributed by atoms with E-state index in [1.54, 1.807) is 0 Å². The Morgan fingerprint density at radius 2 is 0.870 bits per heavy atom. The van der Waals surface area contributed by atoms with E-state index in [-0.39, 0.29) is 25.2 Å². The van der Waals surface area contributed by atoms with Crippen LogP contribution in [-0.2, 0) is 19.1 Å².